The smallest absolute Gasteiger partial charge is 0.244 e. The Labute approximate surface area is 151 Å². The van der Waals surface area contributed by atoms with E-state index in [0.29, 0.717) is 28.2 Å². The van der Waals surface area contributed by atoms with E-state index in [1.165, 1.54) is 16.8 Å². The fraction of sp³-hybridized carbons (Fsp3) is 0. The summed E-state index contributed by atoms with van der Waals surface area (Å²) in [6.45, 7) is 0. The molecule has 0 unspecified atom stereocenters. The minimum atomic E-state index is -0.378. The zero-order chi connectivity index (χ0) is 18.3. The van der Waals surface area contributed by atoms with Crippen molar-refractivity contribution in [2.45, 2.75) is 0 Å². The number of nitrogens with one attached hydrogen (secondary N) is 4. The molecule has 8 nitrogen and oxygen atoms in total. The van der Waals surface area contributed by atoms with Gasteiger partial charge in [0.25, 0.3) is 0 Å². The lowest BCUT2D eigenvalue weighted by molar-refractivity contribution is 0.628. The first-order valence-electron chi connectivity index (χ1n) is 7.39. The van der Waals surface area contributed by atoms with Crippen molar-refractivity contribution in [3.63, 3.8) is 0 Å². The van der Waals surface area contributed by atoms with E-state index in [1.807, 2.05) is 6.07 Å². The maximum atomic E-state index is 13.3. The van der Waals surface area contributed by atoms with E-state index in [4.69, 9.17) is 17.0 Å². The van der Waals surface area contributed by atoms with E-state index in [9.17, 15) is 9.65 Å². The van der Waals surface area contributed by atoms with Crippen molar-refractivity contribution >= 4 is 17.4 Å². The number of aromatic nitrogens is 3. The van der Waals surface area contributed by atoms with Crippen LogP contribution in [-0.4, -0.2) is 14.6 Å². The molecule has 0 bridgehead atoms. The Kier molecular flexibility index (Phi) is 3.76. The molecule has 2 aromatic heterocycles. The number of fused-ring (bicyclic) bond motifs is 1. The number of halogens is 2. The molecule has 0 aliphatic carbocycles. The number of anilines is 1. The summed E-state index contributed by atoms with van der Waals surface area (Å²) < 4.78 is 14.7. The summed E-state index contributed by atoms with van der Waals surface area (Å²) in [5.41, 5.74) is 10.6. The third-order valence-electron chi connectivity index (χ3n) is 3.79. The molecule has 4 rings (SSSR count). The normalized spacial score (nSPS) is 12.0. The van der Waals surface area contributed by atoms with E-state index < -0.39 is 0 Å². The summed E-state index contributed by atoms with van der Waals surface area (Å²) in [4.78, 5) is 8.27. The molecule has 0 fully saturated rings. The fourth-order valence-corrected chi connectivity index (χ4v) is 2.91. The van der Waals surface area contributed by atoms with Gasteiger partial charge in [-0.3, -0.25) is 10.8 Å². The van der Waals surface area contributed by atoms with E-state index in [0.717, 1.165) is 0 Å². The first-order chi connectivity index (χ1) is 12.6. The predicted octanol–water partition coefficient (Wildman–Crippen LogP) is 2.14. The van der Waals surface area contributed by atoms with Gasteiger partial charge < -0.3 is 0 Å². The van der Waals surface area contributed by atoms with Gasteiger partial charge in [-0.25, -0.2) is 19.9 Å². The zero-order valence-corrected chi connectivity index (χ0v) is 13.8. The van der Waals surface area contributed by atoms with Gasteiger partial charge in [-0.15, -0.1) is 5.53 Å². The van der Waals surface area contributed by atoms with Crippen LogP contribution >= 0.6 is 11.6 Å². The Hall–Kier alpha value is -3.48. The monoisotopic (exact) mass is 368 g/mol. The van der Waals surface area contributed by atoms with Crippen LogP contribution in [0.2, 0.25) is 5.15 Å². The van der Waals surface area contributed by atoms with Crippen LogP contribution in [-0.2, 0) is 0 Å². The third kappa shape index (κ3) is 2.63. The molecule has 0 radical (unpaired) electrons. The molecule has 4 N–H and O–H groups in total. The number of hydrogen-bond acceptors (Lipinski definition) is 7. The molecule has 0 saturated carbocycles. The van der Waals surface area contributed by atoms with Crippen LogP contribution in [0, 0.1) is 22.6 Å². The van der Waals surface area contributed by atoms with Crippen molar-refractivity contribution in [3.05, 3.63) is 58.7 Å². The topological polar surface area (TPSA) is 114 Å². The molecule has 1 aromatic carbocycles. The van der Waals surface area contributed by atoms with Gasteiger partial charge in [-0.05, 0) is 42.0 Å². The molecule has 1 aliphatic heterocycles. The third-order valence-corrected chi connectivity index (χ3v) is 3.98. The van der Waals surface area contributed by atoms with E-state index in [-0.39, 0.29) is 22.3 Å². The average Bonchev–Trinajstić information content (AvgIpc) is 3.12. The van der Waals surface area contributed by atoms with Gasteiger partial charge in [0.15, 0.2) is 5.82 Å². The highest BCUT2D eigenvalue weighted by Crippen LogP contribution is 2.36. The van der Waals surface area contributed by atoms with Crippen LogP contribution < -0.4 is 22.1 Å². The highest BCUT2D eigenvalue weighted by atomic mass is 35.5. The Morgan fingerprint density at radius 3 is 2.65 bits per heavy atom. The Balaban J connectivity index is 2.06. The number of nitriles is 1. The molecular formula is C16H10ClFN8. The lowest BCUT2D eigenvalue weighted by atomic mass is 10.00. The SMILES string of the molecule is N#Cc1cc(-c2c(-c3ccc(F)cc3)nc(=N)n3c2NNN3)cc(Cl)n1. The van der Waals surface area contributed by atoms with Gasteiger partial charge in [0.2, 0.25) is 5.62 Å². The van der Waals surface area contributed by atoms with E-state index in [2.05, 4.69) is 26.5 Å². The van der Waals surface area contributed by atoms with Crippen LogP contribution in [0.5, 0.6) is 0 Å². The molecule has 3 heterocycles. The highest BCUT2D eigenvalue weighted by Gasteiger charge is 2.23. The lowest BCUT2D eigenvalue weighted by Crippen LogP contribution is -2.32. The van der Waals surface area contributed by atoms with Crippen molar-refractivity contribution in [1.29, 1.82) is 10.7 Å². The van der Waals surface area contributed by atoms with Crippen LogP contribution in [0.1, 0.15) is 5.69 Å². The van der Waals surface area contributed by atoms with Crippen molar-refractivity contribution in [2.24, 2.45) is 0 Å². The number of nitrogens with zero attached hydrogens (tertiary/aromatic N) is 4. The number of rotatable bonds is 2. The molecular weight excluding hydrogens is 359 g/mol. The van der Waals surface area contributed by atoms with Crippen LogP contribution in [0.4, 0.5) is 10.2 Å². The average molecular weight is 369 g/mol. The highest BCUT2D eigenvalue weighted by molar-refractivity contribution is 6.29. The van der Waals surface area contributed by atoms with E-state index in [1.54, 1.807) is 24.3 Å². The second-order valence-electron chi connectivity index (χ2n) is 5.39. The second-order valence-corrected chi connectivity index (χ2v) is 5.77. The fourth-order valence-electron chi connectivity index (χ4n) is 2.70. The van der Waals surface area contributed by atoms with Gasteiger partial charge in [0.1, 0.15) is 22.7 Å². The zero-order valence-electron chi connectivity index (χ0n) is 13.0. The van der Waals surface area contributed by atoms with Crippen molar-refractivity contribution < 1.29 is 4.39 Å². The molecule has 0 atom stereocenters. The lowest BCUT2D eigenvalue weighted by Gasteiger charge is -2.14. The summed E-state index contributed by atoms with van der Waals surface area (Å²) in [6, 6.07) is 10.9. The quantitative estimate of drug-likeness (QED) is 0.515. The van der Waals surface area contributed by atoms with Crippen LogP contribution in [0.15, 0.2) is 36.4 Å². The standard InChI is InChI=1S/C16H10ClFN8/c17-12-6-9(5-11(7-19)21-12)13-14(8-1-3-10(18)4-2-8)22-16(20)26-15(13)23-24-25-26/h1-6,20,23-25H. The molecule has 3 aromatic rings. The molecule has 10 heteroatoms. The Morgan fingerprint density at radius 2 is 1.92 bits per heavy atom. The predicted molar refractivity (Wildman–Crippen MR) is 92.6 cm³/mol. The maximum Gasteiger partial charge on any atom is 0.244 e. The van der Waals surface area contributed by atoms with Gasteiger partial charge in [0, 0.05) is 5.56 Å². The summed E-state index contributed by atoms with van der Waals surface area (Å²) in [5.74, 6) is 0.118. The number of pyridine rings is 1. The Morgan fingerprint density at radius 1 is 1.15 bits per heavy atom. The van der Waals surface area contributed by atoms with Gasteiger partial charge in [0.05, 0.1) is 11.3 Å². The van der Waals surface area contributed by atoms with Gasteiger partial charge in [-0.1, -0.05) is 11.6 Å². The summed E-state index contributed by atoms with van der Waals surface area (Å²) in [6.07, 6.45) is 0. The van der Waals surface area contributed by atoms with Crippen LogP contribution in [0.3, 0.4) is 0 Å². The van der Waals surface area contributed by atoms with Gasteiger partial charge >= 0.3 is 0 Å². The number of hydrazine groups is 2. The largest absolute Gasteiger partial charge is 0.286 e. The van der Waals surface area contributed by atoms with Crippen LogP contribution in [0.25, 0.3) is 22.4 Å². The molecule has 26 heavy (non-hydrogen) atoms. The van der Waals surface area contributed by atoms with Gasteiger partial charge in [-0.2, -0.15) is 9.94 Å². The molecule has 128 valence electrons. The number of hydrogen-bond donors (Lipinski definition) is 4. The van der Waals surface area contributed by atoms with Crippen molar-refractivity contribution in [2.75, 3.05) is 11.0 Å². The first-order valence-corrected chi connectivity index (χ1v) is 7.77. The molecule has 1 aliphatic rings. The summed E-state index contributed by atoms with van der Waals surface area (Å²) in [7, 11) is 0. The minimum absolute atomic E-state index is 0.0683. The summed E-state index contributed by atoms with van der Waals surface area (Å²) >= 11 is 6.05. The molecule has 0 amide bonds. The van der Waals surface area contributed by atoms with Crippen molar-refractivity contribution in [3.8, 4) is 28.5 Å². The van der Waals surface area contributed by atoms with E-state index >= 15 is 0 Å². The molecule has 0 saturated heterocycles. The summed E-state index contributed by atoms with van der Waals surface area (Å²) in [5, 5.41) is 17.4. The number of benzene rings is 1. The minimum Gasteiger partial charge on any atom is -0.286 e. The Bertz CT molecular complexity index is 1120. The second kappa shape index (κ2) is 6.11. The van der Waals surface area contributed by atoms with Crippen molar-refractivity contribution in [1.82, 2.24) is 20.2 Å². The first kappa shape index (κ1) is 16.0. The molecule has 0 spiro atoms. The maximum absolute atomic E-state index is 13.3.